The van der Waals surface area contributed by atoms with Gasteiger partial charge in [-0.15, -0.1) is 0 Å². The van der Waals surface area contributed by atoms with Gasteiger partial charge < -0.3 is 10.1 Å². The van der Waals surface area contributed by atoms with Crippen molar-refractivity contribution in [2.24, 2.45) is 7.05 Å². The number of pyridine rings is 1. The summed E-state index contributed by atoms with van der Waals surface area (Å²) >= 11 is 0. The molecule has 2 aromatic heterocycles. The van der Waals surface area contributed by atoms with E-state index in [4.69, 9.17) is 4.74 Å². The molecule has 0 fully saturated rings. The third-order valence-electron chi connectivity index (χ3n) is 4.65. The van der Waals surface area contributed by atoms with Gasteiger partial charge in [0.1, 0.15) is 5.75 Å². The molecule has 0 aliphatic rings. The van der Waals surface area contributed by atoms with Crippen LogP contribution in [0.5, 0.6) is 5.75 Å². The molecule has 0 saturated heterocycles. The molecule has 6 heteroatoms. The van der Waals surface area contributed by atoms with Crippen molar-refractivity contribution in [2.45, 2.75) is 6.54 Å². The lowest BCUT2D eigenvalue weighted by atomic mass is 10.1. The fourth-order valence-electron chi connectivity index (χ4n) is 3.09. The smallest absolute Gasteiger partial charge is 0.258 e. The molecule has 4 aromatic rings. The number of rotatable bonds is 7. The molecule has 30 heavy (non-hydrogen) atoms. The molecule has 150 valence electrons. The maximum atomic E-state index is 12.2. The molecule has 0 aliphatic carbocycles. The maximum Gasteiger partial charge on any atom is 0.258 e. The average molecular weight is 398 g/mol. The quantitative estimate of drug-likeness (QED) is 0.513. The van der Waals surface area contributed by atoms with E-state index in [1.165, 1.54) is 0 Å². The highest BCUT2D eigenvalue weighted by Crippen LogP contribution is 2.22. The lowest BCUT2D eigenvalue weighted by molar-refractivity contribution is -0.123. The summed E-state index contributed by atoms with van der Waals surface area (Å²) in [7, 11) is 1.87. The second-order valence-electron chi connectivity index (χ2n) is 6.94. The number of carbonyl (C=O) groups is 1. The van der Waals surface area contributed by atoms with Gasteiger partial charge in [0, 0.05) is 43.3 Å². The average Bonchev–Trinajstić information content (AvgIpc) is 3.24. The van der Waals surface area contributed by atoms with Gasteiger partial charge in [-0.1, -0.05) is 42.5 Å². The van der Waals surface area contributed by atoms with Crippen molar-refractivity contribution in [1.82, 2.24) is 20.1 Å². The number of nitrogens with zero attached hydrogens (tertiary/aromatic N) is 3. The molecule has 0 atom stereocenters. The minimum atomic E-state index is -0.186. The van der Waals surface area contributed by atoms with Crippen LogP contribution < -0.4 is 10.1 Å². The first-order valence-corrected chi connectivity index (χ1v) is 9.65. The predicted molar refractivity (Wildman–Crippen MR) is 116 cm³/mol. The summed E-state index contributed by atoms with van der Waals surface area (Å²) in [5.74, 6) is 0.471. The van der Waals surface area contributed by atoms with Gasteiger partial charge in [-0.05, 0) is 34.9 Å². The Kier molecular flexibility index (Phi) is 5.85. The highest BCUT2D eigenvalue weighted by molar-refractivity contribution is 5.77. The Labute approximate surface area is 175 Å². The highest BCUT2D eigenvalue weighted by Gasteiger charge is 2.06. The number of benzene rings is 2. The number of nitrogens with one attached hydrogen (secondary N) is 1. The van der Waals surface area contributed by atoms with Gasteiger partial charge in [0.15, 0.2) is 6.61 Å². The SMILES string of the molecule is Cn1cc(-c2cncc(CNC(=O)COc3ccc(-c4ccccc4)cc3)c2)cn1. The minimum absolute atomic E-state index is 0.0413. The second-order valence-corrected chi connectivity index (χ2v) is 6.94. The first kappa shape index (κ1) is 19.4. The largest absolute Gasteiger partial charge is 0.484 e. The van der Waals surface area contributed by atoms with Crippen LogP contribution in [0, 0.1) is 0 Å². The lowest BCUT2D eigenvalue weighted by Gasteiger charge is -2.09. The van der Waals surface area contributed by atoms with Crippen molar-refractivity contribution in [3.63, 3.8) is 0 Å². The topological polar surface area (TPSA) is 69.0 Å². The van der Waals surface area contributed by atoms with Crippen molar-refractivity contribution in [2.75, 3.05) is 6.61 Å². The van der Waals surface area contributed by atoms with Gasteiger partial charge in [0.25, 0.3) is 5.91 Å². The van der Waals surface area contributed by atoms with Crippen LogP contribution in [0.4, 0.5) is 0 Å². The summed E-state index contributed by atoms with van der Waals surface area (Å²) in [5.41, 5.74) is 5.11. The van der Waals surface area contributed by atoms with E-state index < -0.39 is 0 Å². The first-order valence-electron chi connectivity index (χ1n) is 9.65. The Morgan fingerprint density at radius 1 is 0.933 bits per heavy atom. The summed E-state index contributed by atoms with van der Waals surface area (Å²) < 4.78 is 7.35. The Morgan fingerprint density at radius 2 is 1.70 bits per heavy atom. The summed E-state index contributed by atoms with van der Waals surface area (Å²) in [6.07, 6.45) is 7.24. The number of aromatic nitrogens is 3. The molecule has 0 saturated carbocycles. The summed E-state index contributed by atoms with van der Waals surface area (Å²) in [6.45, 7) is 0.344. The maximum absolute atomic E-state index is 12.2. The Balaban J connectivity index is 1.28. The fourth-order valence-corrected chi connectivity index (χ4v) is 3.09. The number of aryl methyl sites for hydroxylation is 1. The van der Waals surface area contributed by atoms with E-state index in [-0.39, 0.29) is 12.5 Å². The van der Waals surface area contributed by atoms with Gasteiger partial charge in [-0.25, -0.2) is 0 Å². The number of hydrogen-bond donors (Lipinski definition) is 1. The molecule has 1 amide bonds. The zero-order valence-electron chi connectivity index (χ0n) is 16.7. The third-order valence-corrected chi connectivity index (χ3v) is 4.65. The molecule has 0 bridgehead atoms. The van der Waals surface area contributed by atoms with Crippen LogP contribution in [-0.2, 0) is 18.4 Å². The van der Waals surface area contributed by atoms with E-state index in [1.54, 1.807) is 23.3 Å². The molecular formula is C24H22N4O2. The van der Waals surface area contributed by atoms with Gasteiger partial charge in [0.2, 0.25) is 0 Å². The standard InChI is InChI=1S/C24H22N4O2/c1-28-16-22(15-27-28)21-11-18(12-25-14-21)13-26-24(29)17-30-23-9-7-20(8-10-23)19-5-3-2-4-6-19/h2-12,14-16H,13,17H2,1H3,(H,26,29). The predicted octanol–water partition coefficient (Wildman–Crippen LogP) is 3.84. The van der Waals surface area contributed by atoms with Gasteiger partial charge in [0.05, 0.1) is 6.20 Å². The zero-order valence-corrected chi connectivity index (χ0v) is 16.7. The number of ether oxygens (including phenoxy) is 1. The molecular weight excluding hydrogens is 376 g/mol. The van der Waals surface area contributed by atoms with E-state index in [1.807, 2.05) is 61.8 Å². The summed E-state index contributed by atoms with van der Waals surface area (Å²) in [5, 5.41) is 7.04. The molecule has 6 nitrogen and oxygen atoms in total. The van der Waals surface area contributed by atoms with Crippen LogP contribution in [0.15, 0.2) is 85.5 Å². The molecule has 2 heterocycles. The van der Waals surface area contributed by atoms with Crippen LogP contribution in [0.2, 0.25) is 0 Å². The monoisotopic (exact) mass is 398 g/mol. The van der Waals surface area contributed by atoms with Crippen LogP contribution in [-0.4, -0.2) is 27.3 Å². The molecule has 2 aromatic carbocycles. The van der Waals surface area contributed by atoms with Crippen LogP contribution in [0.3, 0.4) is 0 Å². The van der Waals surface area contributed by atoms with Crippen molar-refractivity contribution >= 4 is 5.91 Å². The van der Waals surface area contributed by atoms with Crippen LogP contribution in [0.1, 0.15) is 5.56 Å². The van der Waals surface area contributed by atoms with Crippen molar-refractivity contribution in [1.29, 1.82) is 0 Å². The van der Waals surface area contributed by atoms with Gasteiger partial charge >= 0.3 is 0 Å². The van der Waals surface area contributed by atoms with Gasteiger partial charge in [-0.3, -0.25) is 14.5 Å². The third kappa shape index (κ3) is 4.91. The van der Waals surface area contributed by atoms with E-state index in [0.29, 0.717) is 12.3 Å². The van der Waals surface area contributed by atoms with Crippen LogP contribution >= 0.6 is 0 Å². The molecule has 0 spiro atoms. The minimum Gasteiger partial charge on any atom is -0.484 e. The summed E-state index contributed by atoms with van der Waals surface area (Å²) in [6, 6.07) is 19.8. The van der Waals surface area contributed by atoms with Gasteiger partial charge in [-0.2, -0.15) is 5.10 Å². The van der Waals surface area contributed by atoms with E-state index in [2.05, 4.69) is 27.5 Å². The molecule has 4 rings (SSSR count). The first-order chi connectivity index (χ1) is 14.7. The highest BCUT2D eigenvalue weighted by atomic mass is 16.5. The van der Waals surface area contributed by atoms with Crippen molar-refractivity contribution in [3.05, 3.63) is 91.0 Å². The zero-order chi connectivity index (χ0) is 20.8. The number of hydrogen-bond acceptors (Lipinski definition) is 4. The number of amides is 1. The molecule has 0 radical (unpaired) electrons. The van der Waals surface area contributed by atoms with Crippen LogP contribution in [0.25, 0.3) is 22.3 Å². The normalized spacial score (nSPS) is 10.6. The summed E-state index contributed by atoms with van der Waals surface area (Å²) in [4.78, 5) is 16.4. The Bertz CT molecular complexity index is 1120. The molecule has 0 unspecified atom stereocenters. The number of carbonyl (C=O) groups excluding carboxylic acids is 1. The van der Waals surface area contributed by atoms with Crippen molar-refractivity contribution in [3.8, 4) is 28.0 Å². The lowest BCUT2D eigenvalue weighted by Crippen LogP contribution is -2.28. The Morgan fingerprint density at radius 3 is 2.43 bits per heavy atom. The second kappa shape index (κ2) is 9.05. The van der Waals surface area contributed by atoms with Crippen molar-refractivity contribution < 1.29 is 9.53 Å². The molecule has 1 N–H and O–H groups in total. The fraction of sp³-hybridized carbons (Fsp3) is 0.125. The molecule has 0 aliphatic heterocycles. The Hall–Kier alpha value is -3.93. The van der Waals surface area contributed by atoms with E-state index >= 15 is 0 Å². The van der Waals surface area contributed by atoms with E-state index in [0.717, 1.165) is 27.8 Å². The van der Waals surface area contributed by atoms with E-state index in [9.17, 15) is 4.79 Å².